The first-order valence-corrected chi connectivity index (χ1v) is 6.82. The van der Waals surface area contributed by atoms with Crippen LogP contribution in [0.2, 0.25) is 0 Å². The first-order valence-electron chi connectivity index (χ1n) is 6.82. The second-order valence-corrected chi connectivity index (χ2v) is 4.75. The standard InChI is InChI=1S/C14H20N2O5/c1-3-4-5-11(14(19)20)16-12(17)9(2)15-13(18)10-6-7-21-8-10/h6-9,11H,3-5H2,1-2H3,(H,15,18)(H,16,17)(H,19,20). The zero-order chi connectivity index (χ0) is 15.8. The fourth-order valence-electron chi connectivity index (χ4n) is 1.70. The van der Waals surface area contributed by atoms with Gasteiger partial charge in [-0.15, -0.1) is 0 Å². The Kier molecular flexibility index (Phi) is 6.45. The Bertz CT molecular complexity index is 484. The van der Waals surface area contributed by atoms with Gasteiger partial charge in [-0.3, -0.25) is 9.59 Å². The molecule has 116 valence electrons. The molecule has 0 bridgehead atoms. The molecular weight excluding hydrogens is 276 g/mol. The molecule has 7 heteroatoms. The highest BCUT2D eigenvalue weighted by Crippen LogP contribution is 2.03. The third kappa shape index (κ3) is 5.29. The molecule has 0 aliphatic heterocycles. The summed E-state index contributed by atoms with van der Waals surface area (Å²) >= 11 is 0. The number of hydrogen-bond acceptors (Lipinski definition) is 4. The van der Waals surface area contributed by atoms with Crippen LogP contribution in [-0.4, -0.2) is 35.0 Å². The van der Waals surface area contributed by atoms with Gasteiger partial charge in [0.15, 0.2) is 0 Å². The van der Waals surface area contributed by atoms with Crippen LogP contribution >= 0.6 is 0 Å². The van der Waals surface area contributed by atoms with Crippen molar-refractivity contribution in [2.75, 3.05) is 0 Å². The van der Waals surface area contributed by atoms with E-state index in [4.69, 9.17) is 9.52 Å². The number of nitrogens with one attached hydrogen (secondary N) is 2. The van der Waals surface area contributed by atoms with Gasteiger partial charge in [-0.25, -0.2) is 4.79 Å². The maximum Gasteiger partial charge on any atom is 0.326 e. The zero-order valence-corrected chi connectivity index (χ0v) is 12.1. The Hall–Kier alpha value is -2.31. The van der Waals surface area contributed by atoms with Crippen molar-refractivity contribution in [2.45, 2.75) is 45.2 Å². The van der Waals surface area contributed by atoms with E-state index >= 15 is 0 Å². The van der Waals surface area contributed by atoms with Crippen molar-refractivity contribution >= 4 is 17.8 Å². The van der Waals surface area contributed by atoms with Crippen molar-refractivity contribution in [3.63, 3.8) is 0 Å². The summed E-state index contributed by atoms with van der Waals surface area (Å²) in [7, 11) is 0. The van der Waals surface area contributed by atoms with E-state index in [2.05, 4.69) is 10.6 Å². The lowest BCUT2D eigenvalue weighted by atomic mass is 10.1. The van der Waals surface area contributed by atoms with Crippen molar-refractivity contribution in [1.29, 1.82) is 0 Å². The molecule has 0 saturated carbocycles. The lowest BCUT2D eigenvalue weighted by Gasteiger charge is -2.18. The van der Waals surface area contributed by atoms with Gasteiger partial charge in [0.25, 0.3) is 5.91 Å². The number of unbranched alkanes of at least 4 members (excludes halogenated alkanes) is 1. The number of amides is 2. The summed E-state index contributed by atoms with van der Waals surface area (Å²) in [6.45, 7) is 3.43. The second kappa shape index (κ2) is 8.08. The van der Waals surface area contributed by atoms with Crippen LogP contribution in [-0.2, 0) is 9.59 Å². The molecule has 0 fully saturated rings. The molecular formula is C14H20N2O5. The first kappa shape index (κ1) is 16.7. The maximum absolute atomic E-state index is 11.9. The smallest absolute Gasteiger partial charge is 0.326 e. The molecule has 0 saturated heterocycles. The van der Waals surface area contributed by atoms with Gasteiger partial charge < -0.3 is 20.2 Å². The van der Waals surface area contributed by atoms with Crippen LogP contribution in [0.1, 0.15) is 43.5 Å². The van der Waals surface area contributed by atoms with Gasteiger partial charge in [0.1, 0.15) is 18.3 Å². The van der Waals surface area contributed by atoms with Gasteiger partial charge in [-0.1, -0.05) is 19.8 Å². The summed E-state index contributed by atoms with van der Waals surface area (Å²) in [4.78, 5) is 34.7. The number of carbonyl (C=O) groups is 3. The predicted molar refractivity (Wildman–Crippen MR) is 74.7 cm³/mol. The molecule has 2 unspecified atom stereocenters. The molecule has 1 heterocycles. The van der Waals surface area contributed by atoms with Gasteiger partial charge in [-0.2, -0.15) is 0 Å². The topological polar surface area (TPSA) is 109 Å². The van der Waals surface area contributed by atoms with E-state index in [1.807, 2.05) is 6.92 Å². The Morgan fingerprint density at radius 1 is 1.33 bits per heavy atom. The maximum atomic E-state index is 11.9. The van der Waals surface area contributed by atoms with Crippen molar-refractivity contribution in [1.82, 2.24) is 10.6 Å². The summed E-state index contributed by atoms with van der Waals surface area (Å²) < 4.78 is 4.78. The average Bonchev–Trinajstić information content (AvgIpc) is 2.96. The number of aliphatic carboxylic acids is 1. The van der Waals surface area contributed by atoms with Crippen molar-refractivity contribution in [3.8, 4) is 0 Å². The van der Waals surface area contributed by atoms with E-state index in [-0.39, 0.29) is 0 Å². The minimum Gasteiger partial charge on any atom is -0.480 e. The van der Waals surface area contributed by atoms with Gasteiger partial charge in [0, 0.05) is 0 Å². The molecule has 0 radical (unpaired) electrons. The van der Waals surface area contributed by atoms with E-state index in [1.165, 1.54) is 25.5 Å². The number of hydrogen-bond donors (Lipinski definition) is 3. The second-order valence-electron chi connectivity index (χ2n) is 4.75. The van der Waals surface area contributed by atoms with E-state index in [0.717, 1.165) is 6.42 Å². The molecule has 2 amide bonds. The van der Waals surface area contributed by atoms with Crippen LogP contribution in [0.4, 0.5) is 0 Å². The monoisotopic (exact) mass is 296 g/mol. The van der Waals surface area contributed by atoms with E-state index in [0.29, 0.717) is 18.4 Å². The Morgan fingerprint density at radius 2 is 2.05 bits per heavy atom. The summed E-state index contributed by atoms with van der Waals surface area (Å²) in [5.74, 6) is -2.06. The molecule has 0 aliphatic rings. The van der Waals surface area contributed by atoms with Crippen LogP contribution in [0.5, 0.6) is 0 Å². The Balaban J connectivity index is 2.52. The highest BCUT2D eigenvalue weighted by Gasteiger charge is 2.23. The van der Waals surface area contributed by atoms with Crippen molar-refractivity contribution in [2.24, 2.45) is 0 Å². The predicted octanol–water partition coefficient (Wildman–Crippen LogP) is 1.16. The van der Waals surface area contributed by atoms with Crippen LogP contribution < -0.4 is 10.6 Å². The average molecular weight is 296 g/mol. The van der Waals surface area contributed by atoms with Crippen LogP contribution in [0.25, 0.3) is 0 Å². The van der Waals surface area contributed by atoms with E-state index < -0.39 is 29.9 Å². The van der Waals surface area contributed by atoms with Crippen LogP contribution in [0, 0.1) is 0 Å². The van der Waals surface area contributed by atoms with Gasteiger partial charge >= 0.3 is 5.97 Å². The summed E-state index contributed by atoms with van der Waals surface area (Å²) in [6, 6.07) is -0.303. The lowest BCUT2D eigenvalue weighted by molar-refractivity contribution is -0.142. The van der Waals surface area contributed by atoms with Gasteiger partial charge in [-0.05, 0) is 19.4 Å². The minimum atomic E-state index is -1.08. The first-order chi connectivity index (χ1) is 9.95. The minimum absolute atomic E-state index is 0.301. The third-order valence-corrected chi connectivity index (χ3v) is 2.99. The lowest BCUT2D eigenvalue weighted by Crippen LogP contribution is -2.50. The number of carbonyl (C=O) groups excluding carboxylic acids is 2. The Labute approximate surface area is 122 Å². The highest BCUT2D eigenvalue weighted by molar-refractivity contribution is 5.97. The molecule has 7 nitrogen and oxygen atoms in total. The van der Waals surface area contributed by atoms with Crippen LogP contribution in [0.3, 0.4) is 0 Å². The van der Waals surface area contributed by atoms with E-state index in [9.17, 15) is 14.4 Å². The molecule has 1 aromatic heterocycles. The fraction of sp³-hybridized carbons (Fsp3) is 0.500. The molecule has 1 aromatic rings. The van der Waals surface area contributed by atoms with E-state index in [1.54, 1.807) is 0 Å². The number of furan rings is 1. The summed E-state index contributed by atoms with van der Waals surface area (Å²) in [5.41, 5.74) is 0.301. The molecule has 0 spiro atoms. The molecule has 0 aromatic carbocycles. The quantitative estimate of drug-likeness (QED) is 0.667. The molecule has 21 heavy (non-hydrogen) atoms. The van der Waals surface area contributed by atoms with Crippen molar-refractivity contribution < 1.29 is 23.9 Å². The summed E-state index contributed by atoms with van der Waals surface area (Å²) in [6.07, 6.45) is 4.52. The van der Waals surface area contributed by atoms with Gasteiger partial charge in [0.2, 0.25) is 5.91 Å². The number of rotatable bonds is 8. The third-order valence-electron chi connectivity index (χ3n) is 2.99. The highest BCUT2D eigenvalue weighted by atomic mass is 16.4. The Morgan fingerprint density at radius 3 is 2.57 bits per heavy atom. The normalized spacial score (nSPS) is 13.2. The fourth-order valence-corrected chi connectivity index (χ4v) is 1.70. The van der Waals surface area contributed by atoms with Gasteiger partial charge in [0.05, 0.1) is 11.8 Å². The number of carboxylic acids is 1. The SMILES string of the molecule is CCCCC(NC(=O)C(C)NC(=O)c1ccoc1)C(=O)O. The zero-order valence-electron chi connectivity index (χ0n) is 12.1. The molecule has 3 N–H and O–H groups in total. The van der Waals surface area contributed by atoms with Crippen LogP contribution in [0.15, 0.2) is 23.0 Å². The molecule has 2 atom stereocenters. The molecule has 1 rings (SSSR count). The molecule has 0 aliphatic carbocycles. The largest absolute Gasteiger partial charge is 0.480 e. The van der Waals surface area contributed by atoms with Crippen molar-refractivity contribution in [3.05, 3.63) is 24.2 Å². The summed E-state index contributed by atoms with van der Waals surface area (Å²) in [5, 5.41) is 14.0. The number of carboxylic acid groups (broad SMARTS) is 1.